The second-order valence-electron chi connectivity index (χ2n) is 3.55. The van der Waals surface area contributed by atoms with E-state index in [1.54, 1.807) is 0 Å². The van der Waals surface area contributed by atoms with Crippen LogP contribution in [0, 0.1) is 12.3 Å². The van der Waals surface area contributed by atoms with Crippen LogP contribution in [0.3, 0.4) is 0 Å². The summed E-state index contributed by atoms with van der Waals surface area (Å²) >= 11 is 0. The lowest BCUT2D eigenvalue weighted by Crippen LogP contribution is -2.38. The summed E-state index contributed by atoms with van der Waals surface area (Å²) in [6, 6.07) is 0. The van der Waals surface area contributed by atoms with Gasteiger partial charge in [-0.1, -0.05) is 5.92 Å². The third-order valence-electron chi connectivity index (χ3n) is 0.984. The Bertz CT molecular complexity index is 201. The Morgan fingerprint density at radius 2 is 2.15 bits per heavy atom. The molecule has 0 aromatic rings. The molecule has 0 unspecified atom stereocenters. The van der Waals surface area contributed by atoms with Gasteiger partial charge in [0.15, 0.2) is 0 Å². The highest BCUT2D eigenvalue weighted by molar-refractivity contribution is 5.76. The van der Waals surface area contributed by atoms with Crippen molar-refractivity contribution in [1.82, 2.24) is 10.8 Å². The molecule has 0 saturated carbocycles. The first-order chi connectivity index (χ1) is 5.95. The van der Waals surface area contributed by atoms with E-state index in [4.69, 9.17) is 11.3 Å². The third-order valence-corrected chi connectivity index (χ3v) is 0.984. The number of hydrogen-bond acceptors (Lipinski definition) is 3. The van der Waals surface area contributed by atoms with Crippen molar-refractivity contribution in [2.45, 2.75) is 26.4 Å². The average molecular weight is 184 g/mol. The Morgan fingerprint density at radius 1 is 1.54 bits per heavy atom. The van der Waals surface area contributed by atoms with Crippen LogP contribution < -0.4 is 10.8 Å². The normalized spacial score (nSPS) is 10.6. The summed E-state index contributed by atoms with van der Waals surface area (Å²) in [5.41, 5.74) is 1.94. The molecule has 0 aliphatic carbocycles. The Hall–Kier alpha value is -1.05. The van der Waals surface area contributed by atoms with E-state index in [9.17, 15) is 4.79 Å². The van der Waals surface area contributed by atoms with Crippen molar-refractivity contribution < 1.29 is 9.63 Å². The molecule has 0 bridgehead atoms. The van der Waals surface area contributed by atoms with Crippen molar-refractivity contribution in [2.75, 3.05) is 13.1 Å². The van der Waals surface area contributed by atoms with Crippen LogP contribution in [-0.2, 0) is 9.63 Å². The smallest absolute Gasteiger partial charge is 0.257 e. The molecule has 0 radical (unpaired) electrons. The van der Waals surface area contributed by atoms with Crippen LogP contribution in [-0.4, -0.2) is 24.6 Å². The molecule has 74 valence electrons. The number of terminal acetylenes is 1. The molecule has 0 rings (SSSR count). The molecular weight excluding hydrogens is 168 g/mol. The molecule has 4 nitrogen and oxygen atoms in total. The summed E-state index contributed by atoms with van der Waals surface area (Å²) < 4.78 is 0. The van der Waals surface area contributed by atoms with Crippen molar-refractivity contribution in [1.29, 1.82) is 0 Å². The highest BCUT2D eigenvalue weighted by Crippen LogP contribution is 2.02. The van der Waals surface area contributed by atoms with Gasteiger partial charge in [-0.3, -0.25) is 14.9 Å². The summed E-state index contributed by atoms with van der Waals surface area (Å²) in [4.78, 5) is 16.0. The molecule has 0 aliphatic heterocycles. The Balaban J connectivity index is 3.48. The Labute approximate surface area is 79.0 Å². The van der Waals surface area contributed by atoms with Gasteiger partial charge in [0.1, 0.15) is 0 Å². The zero-order chi connectivity index (χ0) is 10.3. The third kappa shape index (κ3) is 8.86. The molecule has 0 fully saturated rings. The molecule has 0 saturated heterocycles. The SMILES string of the molecule is C#CCNCC(=O)NOC(C)(C)C. The quantitative estimate of drug-likeness (QED) is 0.369. The summed E-state index contributed by atoms with van der Waals surface area (Å²) in [5.74, 6) is 2.13. The van der Waals surface area contributed by atoms with E-state index in [1.165, 1.54) is 0 Å². The van der Waals surface area contributed by atoms with Crippen LogP contribution in [0.15, 0.2) is 0 Å². The van der Waals surface area contributed by atoms with Crippen LogP contribution in [0.1, 0.15) is 20.8 Å². The van der Waals surface area contributed by atoms with Crippen molar-refractivity contribution in [2.24, 2.45) is 0 Å². The van der Waals surface area contributed by atoms with Crippen LogP contribution in [0.4, 0.5) is 0 Å². The van der Waals surface area contributed by atoms with Crippen molar-refractivity contribution >= 4 is 5.91 Å². The molecule has 0 atom stereocenters. The first-order valence-corrected chi connectivity index (χ1v) is 4.07. The van der Waals surface area contributed by atoms with Crippen molar-refractivity contribution in [3.05, 3.63) is 0 Å². The maximum atomic E-state index is 11.0. The predicted octanol–water partition coefficient (Wildman–Crippen LogP) is 0.0555. The first kappa shape index (κ1) is 11.9. The fourth-order valence-corrected chi connectivity index (χ4v) is 0.494. The van der Waals surface area contributed by atoms with Gasteiger partial charge < -0.3 is 0 Å². The number of rotatable bonds is 4. The Morgan fingerprint density at radius 3 is 2.62 bits per heavy atom. The van der Waals surface area contributed by atoms with Gasteiger partial charge in [0.05, 0.1) is 18.7 Å². The van der Waals surface area contributed by atoms with E-state index >= 15 is 0 Å². The van der Waals surface area contributed by atoms with Crippen LogP contribution in [0.25, 0.3) is 0 Å². The van der Waals surface area contributed by atoms with Crippen LogP contribution in [0.5, 0.6) is 0 Å². The van der Waals surface area contributed by atoms with Gasteiger partial charge in [0.2, 0.25) is 0 Å². The molecule has 2 N–H and O–H groups in total. The minimum atomic E-state index is -0.373. The number of carbonyl (C=O) groups excluding carboxylic acids is 1. The van der Waals surface area contributed by atoms with Crippen LogP contribution in [0.2, 0.25) is 0 Å². The molecule has 0 aromatic heterocycles. The van der Waals surface area contributed by atoms with Gasteiger partial charge in [-0.05, 0) is 20.8 Å². The van der Waals surface area contributed by atoms with E-state index in [0.717, 1.165) is 0 Å². The zero-order valence-electron chi connectivity index (χ0n) is 8.31. The molecule has 4 heteroatoms. The number of carbonyl (C=O) groups is 1. The number of hydrogen-bond donors (Lipinski definition) is 2. The maximum Gasteiger partial charge on any atom is 0.257 e. The summed E-state index contributed by atoms with van der Waals surface area (Å²) in [7, 11) is 0. The van der Waals surface area contributed by atoms with Gasteiger partial charge in [0.25, 0.3) is 5.91 Å². The first-order valence-electron chi connectivity index (χ1n) is 4.07. The summed E-state index contributed by atoms with van der Waals surface area (Å²) in [6.45, 7) is 6.09. The summed E-state index contributed by atoms with van der Waals surface area (Å²) in [5, 5.41) is 2.74. The monoisotopic (exact) mass is 184 g/mol. The van der Waals surface area contributed by atoms with E-state index in [-0.39, 0.29) is 18.1 Å². The minimum Gasteiger partial charge on any atom is -0.298 e. The lowest BCUT2D eigenvalue weighted by atomic mass is 10.2. The van der Waals surface area contributed by atoms with E-state index in [1.807, 2.05) is 20.8 Å². The van der Waals surface area contributed by atoms with Crippen LogP contribution >= 0.6 is 0 Å². The summed E-state index contributed by atoms with van der Waals surface area (Å²) in [6.07, 6.45) is 4.98. The van der Waals surface area contributed by atoms with Gasteiger partial charge in [-0.25, -0.2) is 5.48 Å². The molecular formula is C9H16N2O2. The van der Waals surface area contributed by atoms with Gasteiger partial charge in [-0.15, -0.1) is 6.42 Å². The maximum absolute atomic E-state index is 11.0. The predicted molar refractivity (Wildman–Crippen MR) is 50.7 cm³/mol. The second-order valence-corrected chi connectivity index (χ2v) is 3.55. The number of amides is 1. The lowest BCUT2D eigenvalue weighted by molar-refractivity contribution is -0.144. The Kier molecular flexibility index (Phi) is 5.12. The molecule has 1 amide bonds. The molecule has 13 heavy (non-hydrogen) atoms. The lowest BCUT2D eigenvalue weighted by Gasteiger charge is -2.18. The van der Waals surface area contributed by atoms with Gasteiger partial charge in [0, 0.05) is 0 Å². The van der Waals surface area contributed by atoms with Gasteiger partial charge in [-0.2, -0.15) is 0 Å². The number of nitrogens with one attached hydrogen (secondary N) is 2. The fourth-order valence-electron chi connectivity index (χ4n) is 0.494. The molecule has 0 spiro atoms. The van der Waals surface area contributed by atoms with E-state index in [0.29, 0.717) is 6.54 Å². The fraction of sp³-hybridized carbons (Fsp3) is 0.667. The molecule has 0 heterocycles. The highest BCUT2D eigenvalue weighted by Gasteiger charge is 2.12. The average Bonchev–Trinajstić information content (AvgIpc) is 2.00. The largest absolute Gasteiger partial charge is 0.298 e. The topological polar surface area (TPSA) is 50.4 Å². The van der Waals surface area contributed by atoms with Crippen molar-refractivity contribution in [3.63, 3.8) is 0 Å². The highest BCUT2D eigenvalue weighted by atomic mass is 16.7. The van der Waals surface area contributed by atoms with Gasteiger partial charge >= 0.3 is 0 Å². The second kappa shape index (κ2) is 5.57. The van der Waals surface area contributed by atoms with Crippen molar-refractivity contribution in [3.8, 4) is 12.3 Å². The van der Waals surface area contributed by atoms with E-state index < -0.39 is 0 Å². The molecule has 0 aromatic carbocycles. The number of hydroxylamine groups is 1. The zero-order valence-corrected chi connectivity index (χ0v) is 8.31. The standard InChI is InChI=1S/C9H16N2O2/c1-5-6-10-7-8(12)11-13-9(2,3)4/h1,10H,6-7H2,2-4H3,(H,11,12). The molecule has 0 aliphatic rings. The van der Waals surface area contributed by atoms with E-state index in [2.05, 4.69) is 16.7 Å². The minimum absolute atomic E-state index is 0.167.